The molecular weight excluding hydrogens is 316 g/mol. The number of nitrogens with zero attached hydrogens (tertiary/aromatic N) is 2. The van der Waals surface area contributed by atoms with Gasteiger partial charge in [0.1, 0.15) is 0 Å². The number of carbonyl (C=O) groups is 1. The maximum Gasteiger partial charge on any atom is 0.254 e. The maximum atomic E-state index is 12.9. The van der Waals surface area contributed by atoms with E-state index in [1.165, 1.54) is 0 Å². The van der Waals surface area contributed by atoms with Crippen LogP contribution in [-0.4, -0.2) is 27.6 Å². The van der Waals surface area contributed by atoms with Crippen molar-refractivity contribution in [2.45, 2.75) is 49.4 Å². The highest BCUT2D eigenvalue weighted by molar-refractivity contribution is 7.99. The van der Waals surface area contributed by atoms with Crippen LogP contribution in [0, 0.1) is 0 Å². The van der Waals surface area contributed by atoms with Crippen LogP contribution < -0.4 is 0 Å². The molecule has 126 valence electrons. The van der Waals surface area contributed by atoms with Gasteiger partial charge in [0.05, 0.1) is 11.1 Å². The van der Waals surface area contributed by atoms with Gasteiger partial charge in [-0.25, -0.2) is 4.98 Å². The molecule has 1 saturated heterocycles. The molecule has 0 spiro atoms. The zero-order valence-electron chi connectivity index (χ0n) is 14.3. The summed E-state index contributed by atoms with van der Waals surface area (Å²) in [6.45, 7) is 5.16. The quantitative estimate of drug-likeness (QED) is 0.738. The lowest BCUT2D eigenvalue weighted by Gasteiger charge is -2.36. The molecule has 1 aromatic carbocycles. The molecule has 1 atom stereocenters. The van der Waals surface area contributed by atoms with Crippen LogP contribution in [0.2, 0.25) is 0 Å². The second-order valence-electron chi connectivity index (χ2n) is 6.47. The number of rotatable bonds is 4. The fourth-order valence-corrected chi connectivity index (χ4v) is 3.91. The van der Waals surface area contributed by atoms with E-state index < -0.39 is 0 Å². The molecule has 0 unspecified atom stereocenters. The Morgan fingerprint density at radius 1 is 1.17 bits per heavy atom. The van der Waals surface area contributed by atoms with Crippen molar-refractivity contribution in [3.63, 3.8) is 0 Å². The summed E-state index contributed by atoms with van der Waals surface area (Å²) in [7, 11) is 0. The van der Waals surface area contributed by atoms with Gasteiger partial charge in [0.15, 0.2) is 0 Å². The zero-order valence-corrected chi connectivity index (χ0v) is 15.1. The first-order chi connectivity index (χ1) is 11.6. The number of likely N-dealkylation sites (tertiary alicyclic amines) is 1. The van der Waals surface area contributed by atoms with Gasteiger partial charge in [-0.05, 0) is 43.0 Å². The molecule has 1 fully saturated rings. The van der Waals surface area contributed by atoms with E-state index in [4.69, 9.17) is 0 Å². The highest BCUT2D eigenvalue weighted by Gasteiger charge is 2.28. The van der Waals surface area contributed by atoms with E-state index in [1.807, 2.05) is 41.4 Å². The van der Waals surface area contributed by atoms with Crippen molar-refractivity contribution in [1.29, 1.82) is 0 Å². The molecule has 3 rings (SSSR count). The molecule has 2 heterocycles. The molecule has 1 aliphatic heterocycles. The van der Waals surface area contributed by atoms with Crippen molar-refractivity contribution in [1.82, 2.24) is 9.88 Å². The van der Waals surface area contributed by atoms with Crippen molar-refractivity contribution < 1.29 is 4.79 Å². The van der Waals surface area contributed by atoms with Crippen LogP contribution in [0.1, 0.15) is 55.1 Å². The second-order valence-corrected chi connectivity index (χ2v) is 8.07. The zero-order chi connectivity index (χ0) is 16.9. The lowest BCUT2D eigenvalue weighted by atomic mass is 9.95. The SMILES string of the molecule is CC(C)Sc1ccc([C@H]2CCCCN2C(=O)c2ccccc2)cn1. The lowest BCUT2D eigenvalue weighted by molar-refractivity contribution is 0.0611. The Balaban J connectivity index is 1.80. The van der Waals surface area contributed by atoms with E-state index in [0.29, 0.717) is 5.25 Å². The van der Waals surface area contributed by atoms with E-state index >= 15 is 0 Å². The molecule has 0 N–H and O–H groups in total. The monoisotopic (exact) mass is 340 g/mol. The Bertz CT molecular complexity index is 670. The molecule has 2 aromatic rings. The minimum absolute atomic E-state index is 0.126. The Hall–Kier alpha value is -1.81. The molecule has 4 heteroatoms. The average molecular weight is 340 g/mol. The van der Waals surface area contributed by atoms with Gasteiger partial charge in [-0.15, -0.1) is 11.8 Å². The van der Waals surface area contributed by atoms with E-state index in [9.17, 15) is 4.79 Å². The first-order valence-corrected chi connectivity index (χ1v) is 9.52. The van der Waals surface area contributed by atoms with Crippen LogP contribution in [0.5, 0.6) is 0 Å². The number of piperidine rings is 1. The molecule has 1 aliphatic rings. The number of pyridine rings is 1. The van der Waals surface area contributed by atoms with Gasteiger partial charge in [0.2, 0.25) is 0 Å². The van der Waals surface area contributed by atoms with E-state index in [1.54, 1.807) is 11.8 Å². The number of thioether (sulfide) groups is 1. The summed E-state index contributed by atoms with van der Waals surface area (Å²) >= 11 is 1.77. The summed E-state index contributed by atoms with van der Waals surface area (Å²) < 4.78 is 0. The van der Waals surface area contributed by atoms with Crippen molar-refractivity contribution in [2.24, 2.45) is 0 Å². The number of aromatic nitrogens is 1. The third kappa shape index (κ3) is 3.99. The number of hydrogen-bond donors (Lipinski definition) is 0. The van der Waals surface area contributed by atoms with Crippen LogP contribution in [0.15, 0.2) is 53.7 Å². The summed E-state index contributed by atoms with van der Waals surface area (Å²) in [6.07, 6.45) is 5.19. The van der Waals surface area contributed by atoms with Gasteiger partial charge in [-0.2, -0.15) is 0 Å². The molecule has 1 amide bonds. The summed E-state index contributed by atoms with van der Waals surface area (Å²) in [4.78, 5) is 19.5. The summed E-state index contributed by atoms with van der Waals surface area (Å²) in [5, 5.41) is 1.57. The Morgan fingerprint density at radius 2 is 1.96 bits per heavy atom. The Labute approximate surface area is 148 Å². The molecule has 0 saturated carbocycles. The lowest BCUT2D eigenvalue weighted by Crippen LogP contribution is -2.38. The highest BCUT2D eigenvalue weighted by atomic mass is 32.2. The fourth-order valence-electron chi connectivity index (χ4n) is 3.17. The smallest absolute Gasteiger partial charge is 0.254 e. The highest BCUT2D eigenvalue weighted by Crippen LogP contribution is 2.32. The minimum atomic E-state index is 0.126. The van der Waals surface area contributed by atoms with Gasteiger partial charge < -0.3 is 4.90 Å². The van der Waals surface area contributed by atoms with Crippen molar-refractivity contribution in [3.05, 3.63) is 59.8 Å². The molecular formula is C20H24N2OS. The van der Waals surface area contributed by atoms with Crippen molar-refractivity contribution in [2.75, 3.05) is 6.54 Å². The molecule has 0 radical (unpaired) electrons. The predicted octanol–water partition coefficient (Wildman–Crippen LogP) is 4.95. The van der Waals surface area contributed by atoms with Crippen LogP contribution in [0.25, 0.3) is 0 Å². The summed E-state index contributed by atoms with van der Waals surface area (Å²) in [5.74, 6) is 0.126. The van der Waals surface area contributed by atoms with Gasteiger partial charge in [-0.3, -0.25) is 4.79 Å². The number of amides is 1. The van der Waals surface area contributed by atoms with E-state index in [0.717, 1.165) is 42.0 Å². The van der Waals surface area contributed by atoms with Crippen LogP contribution in [-0.2, 0) is 0 Å². The van der Waals surface area contributed by atoms with Crippen molar-refractivity contribution >= 4 is 17.7 Å². The average Bonchev–Trinajstić information content (AvgIpc) is 2.62. The van der Waals surface area contributed by atoms with Gasteiger partial charge in [-0.1, -0.05) is 38.1 Å². The number of benzene rings is 1. The molecule has 1 aromatic heterocycles. The largest absolute Gasteiger partial charge is 0.332 e. The normalized spacial score (nSPS) is 18.0. The second kappa shape index (κ2) is 7.84. The Kier molecular flexibility index (Phi) is 5.56. The maximum absolute atomic E-state index is 12.9. The van der Waals surface area contributed by atoms with Crippen molar-refractivity contribution in [3.8, 4) is 0 Å². The first kappa shape index (κ1) is 17.0. The van der Waals surface area contributed by atoms with Crippen LogP contribution in [0.3, 0.4) is 0 Å². The summed E-state index contributed by atoms with van der Waals surface area (Å²) in [5.41, 5.74) is 1.91. The Morgan fingerprint density at radius 3 is 2.62 bits per heavy atom. The topological polar surface area (TPSA) is 33.2 Å². The molecule has 0 aliphatic carbocycles. The third-order valence-electron chi connectivity index (χ3n) is 4.28. The van der Waals surface area contributed by atoms with Gasteiger partial charge in [0, 0.05) is 23.6 Å². The molecule has 24 heavy (non-hydrogen) atoms. The van der Waals surface area contributed by atoms with Gasteiger partial charge in [0.25, 0.3) is 5.91 Å². The van der Waals surface area contributed by atoms with E-state index in [-0.39, 0.29) is 11.9 Å². The third-order valence-corrected chi connectivity index (χ3v) is 5.24. The van der Waals surface area contributed by atoms with Gasteiger partial charge >= 0.3 is 0 Å². The molecule has 3 nitrogen and oxygen atoms in total. The number of hydrogen-bond acceptors (Lipinski definition) is 3. The minimum Gasteiger partial charge on any atom is -0.332 e. The van der Waals surface area contributed by atoms with E-state index in [2.05, 4.69) is 31.0 Å². The first-order valence-electron chi connectivity index (χ1n) is 8.64. The van der Waals surface area contributed by atoms with Crippen LogP contribution >= 0.6 is 11.8 Å². The predicted molar refractivity (Wildman–Crippen MR) is 99.3 cm³/mol. The summed E-state index contributed by atoms with van der Waals surface area (Å²) in [6, 6.07) is 13.9. The molecule has 0 bridgehead atoms. The fraction of sp³-hybridized carbons (Fsp3) is 0.400. The standard InChI is InChI=1S/C20H24N2OS/c1-15(2)24-19-12-11-17(14-21-19)18-10-6-7-13-22(18)20(23)16-8-4-3-5-9-16/h3-5,8-9,11-12,14-15,18H,6-7,10,13H2,1-2H3/t18-/m1/s1. The number of carbonyl (C=O) groups excluding carboxylic acids is 1. The van der Waals surface area contributed by atoms with Crippen LogP contribution in [0.4, 0.5) is 0 Å².